The van der Waals surface area contributed by atoms with Crippen molar-refractivity contribution < 1.29 is 4.74 Å². The molecule has 0 unspecified atom stereocenters. The lowest BCUT2D eigenvalue weighted by molar-refractivity contribution is 0.0852. The third-order valence-electron chi connectivity index (χ3n) is 4.04. The van der Waals surface area contributed by atoms with Gasteiger partial charge in [-0.25, -0.2) is 9.97 Å². The Morgan fingerprint density at radius 1 is 1.29 bits per heavy atom. The Morgan fingerprint density at radius 2 is 2.05 bits per heavy atom. The van der Waals surface area contributed by atoms with E-state index >= 15 is 0 Å². The average Bonchev–Trinajstić information content (AvgIpc) is 2.48. The molecule has 2 heterocycles. The second-order valence-corrected chi connectivity index (χ2v) is 6.12. The number of rotatable bonds is 3. The van der Waals surface area contributed by atoms with E-state index in [0.29, 0.717) is 6.04 Å². The first-order chi connectivity index (χ1) is 10.1. The third kappa shape index (κ3) is 3.27. The Labute approximate surface area is 130 Å². The molecule has 1 aromatic carbocycles. The number of ether oxygens (including phenoxy) is 1. The van der Waals surface area contributed by atoms with Gasteiger partial charge in [-0.2, -0.15) is 0 Å². The van der Waals surface area contributed by atoms with Crippen LogP contribution in [0.4, 0.5) is 0 Å². The highest BCUT2D eigenvalue weighted by Crippen LogP contribution is 2.27. The summed E-state index contributed by atoms with van der Waals surface area (Å²) in [5, 5.41) is 1.21. The molecule has 0 radical (unpaired) electrons. The van der Waals surface area contributed by atoms with E-state index in [4.69, 9.17) is 16.3 Å². The van der Waals surface area contributed by atoms with Crippen molar-refractivity contribution in [3.05, 3.63) is 29.7 Å². The van der Waals surface area contributed by atoms with E-state index in [0.717, 1.165) is 42.6 Å². The molecule has 2 aromatic rings. The van der Waals surface area contributed by atoms with Gasteiger partial charge in [-0.05, 0) is 44.4 Å². The molecule has 21 heavy (non-hydrogen) atoms. The summed E-state index contributed by atoms with van der Waals surface area (Å²) in [5.74, 6) is 0.805. The van der Waals surface area contributed by atoms with Crippen molar-refractivity contribution in [1.29, 1.82) is 0 Å². The van der Waals surface area contributed by atoms with Crippen molar-refractivity contribution in [2.24, 2.45) is 0 Å². The Hall–Kier alpha value is -1.39. The first kappa shape index (κ1) is 14.5. The minimum absolute atomic E-state index is 0.249. The van der Waals surface area contributed by atoms with Crippen LogP contribution in [0.2, 0.25) is 5.28 Å². The molecule has 3 rings (SSSR count). The number of hydrogen-bond acceptors (Lipinski definition) is 4. The van der Waals surface area contributed by atoms with Gasteiger partial charge in [0.1, 0.15) is 17.4 Å². The fourth-order valence-corrected chi connectivity index (χ4v) is 2.93. The average molecular weight is 306 g/mol. The molecule has 1 aliphatic rings. The van der Waals surface area contributed by atoms with Crippen molar-refractivity contribution in [3.63, 3.8) is 0 Å². The Kier molecular flexibility index (Phi) is 4.27. The first-order valence-electron chi connectivity index (χ1n) is 7.45. The van der Waals surface area contributed by atoms with Crippen LogP contribution in [0.5, 0.6) is 5.75 Å². The van der Waals surface area contributed by atoms with Crippen LogP contribution in [-0.2, 0) is 0 Å². The van der Waals surface area contributed by atoms with Crippen molar-refractivity contribution in [2.45, 2.75) is 38.8 Å². The highest BCUT2D eigenvalue weighted by molar-refractivity contribution is 6.28. The van der Waals surface area contributed by atoms with E-state index in [2.05, 4.69) is 28.7 Å². The van der Waals surface area contributed by atoms with Gasteiger partial charge in [0.2, 0.25) is 5.28 Å². The zero-order chi connectivity index (χ0) is 14.8. The summed E-state index contributed by atoms with van der Waals surface area (Å²) in [4.78, 5) is 10.8. The molecule has 112 valence electrons. The van der Waals surface area contributed by atoms with Gasteiger partial charge in [-0.3, -0.25) is 0 Å². The van der Waals surface area contributed by atoms with Gasteiger partial charge < -0.3 is 9.64 Å². The summed E-state index contributed by atoms with van der Waals surface area (Å²) in [6.07, 6.45) is 4.08. The minimum atomic E-state index is 0.249. The smallest absolute Gasteiger partial charge is 0.223 e. The van der Waals surface area contributed by atoms with Crippen LogP contribution in [0, 0.1) is 0 Å². The summed E-state index contributed by atoms with van der Waals surface area (Å²) < 4.78 is 6.18. The quantitative estimate of drug-likeness (QED) is 0.813. The van der Waals surface area contributed by atoms with E-state index in [1.165, 1.54) is 0 Å². The fourth-order valence-electron chi connectivity index (χ4n) is 2.79. The molecule has 0 spiro atoms. The lowest BCUT2D eigenvalue weighted by atomic mass is 10.1. The highest BCUT2D eigenvalue weighted by Gasteiger charge is 2.22. The topological polar surface area (TPSA) is 38.2 Å². The number of fused-ring (bicyclic) bond motifs is 1. The van der Waals surface area contributed by atoms with Crippen LogP contribution < -0.4 is 4.74 Å². The van der Waals surface area contributed by atoms with Crippen molar-refractivity contribution >= 4 is 22.5 Å². The largest absolute Gasteiger partial charge is 0.488 e. The molecule has 0 bridgehead atoms. The molecule has 0 atom stereocenters. The molecule has 0 aliphatic carbocycles. The lowest BCUT2D eigenvalue weighted by Crippen LogP contribution is -2.41. The van der Waals surface area contributed by atoms with Gasteiger partial charge in [-0.15, -0.1) is 0 Å². The van der Waals surface area contributed by atoms with E-state index < -0.39 is 0 Å². The molecular formula is C16H20ClN3O. The maximum Gasteiger partial charge on any atom is 0.223 e. The summed E-state index contributed by atoms with van der Waals surface area (Å²) in [5.41, 5.74) is 0.795. The predicted octanol–water partition coefficient (Wildman–Crippen LogP) is 3.53. The third-order valence-corrected chi connectivity index (χ3v) is 4.23. The Bertz CT molecular complexity index is 624. The van der Waals surface area contributed by atoms with Gasteiger partial charge in [0, 0.05) is 30.7 Å². The van der Waals surface area contributed by atoms with E-state index in [1.54, 1.807) is 6.20 Å². The molecule has 1 aliphatic heterocycles. The van der Waals surface area contributed by atoms with Gasteiger partial charge >= 0.3 is 0 Å². The zero-order valence-electron chi connectivity index (χ0n) is 12.4. The zero-order valence-corrected chi connectivity index (χ0v) is 13.2. The minimum Gasteiger partial charge on any atom is -0.488 e. The van der Waals surface area contributed by atoms with Crippen LogP contribution in [0.1, 0.15) is 26.7 Å². The number of benzene rings is 1. The molecule has 0 N–H and O–H groups in total. The molecule has 1 saturated heterocycles. The fraction of sp³-hybridized carbons (Fsp3) is 0.500. The van der Waals surface area contributed by atoms with Gasteiger partial charge in [0.05, 0.1) is 0 Å². The predicted molar refractivity (Wildman–Crippen MR) is 84.9 cm³/mol. The van der Waals surface area contributed by atoms with Crippen LogP contribution in [-0.4, -0.2) is 40.1 Å². The van der Waals surface area contributed by atoms with Crippen LogP contribution in [0.25, 0.3) is 10.9 Å². The number of likely N-dealkylation sites (tertiary alicyclic amines) is 1. The number of para-hydroxylation sites is 1. The van der Waals surface area contributed by atoms with Crippen molar-refractivity contribution in [2.75, 3.05) is 13.1 Å². The molecule has 4 nitrogen and oxygen atoms in total. The molecular weight excluding hydrogens is 286 g/mol. The SMILES string of the molecule is CC(C)N1CCC(Oc2cccc3cnc(Cl)nc23)CC1. The Balaban J connectivity index is 1.75. The monoisotopic (exact) mass is 305 g/mol. The summed E-state index contributed by atoms with van der Waals surface area (Å²) in [6, 6.07) is 6.51. The standard InChI is InChI=1S/C16H20ClN3O/c1-11(2)20-8-6-13(7-9-20)21-14-5-3-4-12-10-18-16(17)19-15(12)14/h3-5,10-11,13H,6-9H2,1-2H3. The van der Waals surface area contributed by atoms with E-state index in [9.17, 15) is 0 Å². The van der Waals surface area contributed by atoms with Crippen LogP contribution in [0.15, 0.2) is 24.4 Å². The normalized spacial score (nSPS) is 17.5. The number of piperidine rings is 1. The van der Waals surface area contributed by atoms with Crippen molar-refractivity contribution in [3.8, 4) is 5.75 Å². The van der Waals surface area contributed by atoms with Gasteiger partial charge in [-0.1, -0.05) is 12.1 Å². The molecule has 5 heteroatoms. The molecule has 0 amide bonds. The van der Waals surface area contributed by atoms with Gasteiger partial charge in [0.15, 0.2) is 0 Å². The highest BCUT2D eigenvalue weighted by atomic mass is 35.5. The number of aromatic nitrogens is 2. The molecule has 1 fully saturated rings. The number of hydrogen-bond donors (Lipinski definition) is 0. The van der Waals surface area contributed by atoms with Crippen molar-refractivity contribution in [1.82, 2.24) is 14.9 Å². The van der Waals surface area contributed by atoms with Crippen LogP contribution >= 0.6 is 11.6 Å². The maximum absolute atomic E-state index is 6.18. The number of nitrogens with zero attached hydrogens (tertiary/aromatic N) is 3. The summed E-state index contributed by atoms with van der Waals surface area (Å²) in [6.45, 7) is 6.65. The summed E-state index contributed by atoms with van der Waals surface area (Å²) >= 11 is 5.90. The first-order valence-corrected chi connectivity index (χ1v) is 7.83. The van der Waals surface area contributed by atoms with Gasteiger partial charge in [0.25, 0.3) is 0 Å². The number of halogens is 1. The molecule has 0 saturated carbocycles. The Morgan fingerprint density at radius 3 is 2.76 bits per heavy atom. The van der Waals surface area contributed by atoms with E-state index in [1.807, 2.05) is 18.2 Å². The van der Waals surface area contributed by atoms with E-state index in [-0.39, 0.29) is 11.4 Å². The van der Waals surface area contributed by atoms with Crippen LogP contribution in [0.3, 0.4) is 0 Å². The maximum atomic E-state index is 6.18. The summed E-state index contributed by atoms with van der Waals surface area (Å²) in [7, 11) is 0. The second-order valence-electron chi connectivity index (χ2n) is 5.78. The lowest BCUT2D eigenvalue weighted by Gasteiger charge is -2.34. The molecule has 1 aromatic heterocycles. The second kappa shape index (κ2) is 6.16.